The number of halogens is 2. The van der Waals surface area contributed by atoms with Gasteiger partial charge in [0.05, 0.1) is 4.47 Å². The summed E-state index contributed by atoms with van der Waals surface area (Å²) in [4.78, 5) is 0. The molecule has 15 heavy (non-hydrogen) atoms. The summed E-state index contributed by atoms with van der Waals surface area (Å²) in [7, 11) is 0. The Hall–Kier alpha value is -0.650. The minimum absolute atomic E-state index is 0.128. The molecule has 0 fully saturated rings. The topological polar surface area (TPSA) is 58.3 Å². The van der Waals surface area contributed by atoms with Crippen LogP contribution < -0.4 is 11.1 Å². The minimum Gasteiger partial charge on any atom is -0.398 e. The molecule has 0 radical (unpaired) electrons. The molecule has 0 aromatic heterocycles. The Kier molecular flexibility index (Phi) is 5.01. The van der Waals surface area contributed by atoms with Crippen molar-refractivity contribution < 1.29 is 9.50 Å². The van der Waals surface area contributed by atoms with E-state index in [4.69, 9.17) is 10.8 Å². The largest absolute Gasteiger partial charge is 0.398 e. The van der Waals surface area contributed by atoms with Crippen molar-refractivity contribution in [3.63, 3.8) is 0 Å². The molecule has 0 bridgehead atoms. The lowest BCUT2D eigenvalue weighted by atomic mass is 10.1. The highest BCUT2D eigenvalue weighted by Crippen LogP contribution is 2.23. The molecule has 1 rings (SSSR count). The lowest BCUT2D eigenvalue weighted by Crippen LogP contribution is -2.17. The van der Waals surface area contributed by atoms with Gasteiger partial charge in [0.25, 0.3) is 0 Å². The van der Waals surface area contributed by atoms with Crippen LogP contribution in [-0.2, 0) is 6.54 Å². The van der Waals surface area contributed by atoms with Crippen molar-refractivity contribution in [1.29, 1.82) is 0 Å². The summed E-state index contributed by atoms with van der Waals surface area (Å²) in [5.41, 5.74) is 6.55. The van der Waals surface area contributed by atoms with E-state index in [-0.39, 0.29) is 12.4 Å². The highest BCUT2D eigenvalue weighted by molar-refractivity contribution is 9.10. The quantitative estimate of drug-likeness (QED) is 0.566. The molecule has 0 aliphatic rings. The first-order valence-corrected chi connectivity index (χ1v) is 5.50. The van der Waals surface area contributed by atoms with Gasteiger partial charge in [0.2, 0.25) is 0 Å². The van der Waals surface area contributed by atoms with Crippen LogP contribution in [0.2, 0.25) is 0 Å². The van der Waals surface area contributed by atoms with Crippen LogP contribution in [0.5, 0.6) is 0 Å². The van der Waals surface area contributed by atoms with E-state index in [0.717, 1.165) is 0 Å². The third-order valence-electron chi connectivity index (χ3n) is 2.05. The summed E-state index contributed by atoms with van der Waals surface area (Å²) in [5.74, 6) is -0.327. The number of aliphatic hydroxyl groups is 1. The normalized spacial score (nSPS) is 10.6. The fourth-order valence-electron chi connectivity index (χ4n) is 1.20. The number of anilines is 1. The first-order chi connectivity index (χ1) is 7.16. The number of nitrogens with one attached hydrogen (secondary N) is 1. The van der Waals surface area contributed by atoms with Gasteiger partial charge in [-0.1, -0.05) is 0 Å². The van der Waals surface area contributed by atoms with Crippen LogP contribution in [0, 0.1) is 5.82 Å². The van der Waals surface area contributed by atoms with Crippen LogP contribution in [0.25, 0.3) is 0 Å². The SMILES string of the molecule is Nc1ccc(Br)c(F)c1CNCCCO. The molecular weight excluding hydrogens is 263 g/mol. The van der Waals surface area contributed by atoms with Crippen molar-refractivity contribution in [2.45, 2.75) is 13.0 Å². The maximum atomic E-state index is 13.6. The van der Waals surface area contributed by atoms with Gasteiger partial charge in [-0.25, -0.2) is 4.39 Å². The van der Waals surface area contributed by atoms with Crippen molar-refractivity contribution in [3.8, 4) is 0 Å². The van der Waals surface area contributed by atoms with Gasteiger partial charge in [0, 0.05) is 24.4 Å². The van der Waals surface area contributed by atoms with Crippen LogP contribution >= 0.6 is 15.9 Å². The van der Waals surface area contributed by atoms with Crippen molar-refractivity contribution in [1.82, 2.24) is 5.32 Å². The van der Waals surface area contributed by atoms with Crippen molar-refractivity contribution in [2.24, 2.45) is 0 Å². The molecule has 0 atom stereocenters. The van der Waals surface area contributed by atoms with Crippen LogP contribution in [0.15, 0.2) is 16.6 Å². The van der Waals surface area contributed by atoms with Gasteiger partial charge in [-0.05, 0) is 41.0 Å². The Morgan fingerprint density at radius 2 is 2.20 bits per heavy atom. The summed E-state index contributed by atoms with van der Waals surface area (Å²) < 4.78 is 14.0. The molecule has 0 amide bonds. The molecule has 0 saturated carbocycles. The van der Waals surface area contributed by atoms with Gasteiger partial charge in [0.15, 0.2) is 0 Å². The van der Waals surface area contributed by atoms with Crippen LogP contribution in [-0.4, -0.2) is 18.3 Å². The Labute approximate surface area is 96.6 Å². The highest BCUT2D eigenvalue weighted by atomic mass is 79.9. The third kappa shape index (κ3) is 3.44. The number of hydrogen-bond acceptors (Lipinski definition) is 3. The van der Waals surface area contributed by atoms with Crippen LogP contribution in [0.1, 0.15) is 12.0 Å². The molecule has 1 aromatic rings. The highest BCUT2D eigenvalue weighted by Gasteiger charge is 2.09. The molecule has 84 valence electrons. The monoisotopic (exact) mass is 276 g/mol. The minimum atomic E-state index is -0.327. The van der Waals surface area contributed by atoms with E-state index >= 15 is 0 Å². The molecule has 0 spiro atoms. The molecule has 0 saturated heterocycles. The van der Waals surface area contributed by atoms with E-state index in [1.807, 2.05) is 0 Å². The summed E-state index contributed by atoms with van der Waals surface area (Å²) in [5, 5.41) is 11.6. The molecule has 0 aliphatic carbocycles. The second-order valence-electron chi connectivity index (χ2n) is 3.18. The summed E-state index contributed by atoms with van der Waals surface area (Å²) in [6, 6.07) is 3.25. The maximum absolute atomic E-state index is 13.6. The van der Waals surface area contributed by atoms with Crippen LogP contribution in [0.4, 0.5) is 10.1 Å². The standard InChI is InChI=1S/C10H14BrFN2O/c11-8-2-3-9(13)7(10(8)12)6-14-4-1-5-15/h2-3,14-15H,1,4-6,13H2. The molecule has 0 heterocycles. The summed E-state index contributed by atoms with van der Waals surface area (Å²) in [6.07, 6.45) is 0.648. The number of nitrogens with two attached hydrogens (primary N) is 1. The average molecular weight is 277 g/mol. The average Bonchev–Trinajstić information content (AvgIpc) is 2.23. The van der Waals surface area contributed by atoms with E-state index in [1.165, 1.54) is 0 Å². The zero-order valence-electron chi connectivity index (χ0n) is 8.26. The van der Waals surface area contributed by atoms with Crippen LogP contribution in [0.3, 0.4) is 0 Å². The Morgan fingerprint density at radius 3 is 2.87 bits per heavy atom. The fraction of sp³-hybridized carbons (Fsp3) is 0.400. The third-order valence-corrected chi connectivity index (χ3v) is 2.66. The first-order valence-electron chi connectivity index (χ1n) is 4.70. The number of nitrogen functional groups attached to an aromatic ring is 1. The smallest absolute Gasteiger partial charge is 0.143 e. The van der Waals surface area contributed by atoms with Crippen molar-refractivity contribution >= 4 is 21.6 Å². The van der Waals surface area contributed by atoms with Gasteiger partial charge in [-0.2, -0.15) is 0 Å². The Morgan fingerprint density at radius 1 is 1.47 bits per heavy atom. The second kappa shape index (κ2) is 6.05. The van der Waals surface area contributed by atoms with Gasteiger partial charge in [0.1, 0.15) is 5.82 Å². The Balaban J connectivity index is 2.63. The van der Waals surface area contributed by atoms with Crippen molar-refractivity contribution in [2.75, 3.05) is 18.9 Å². The number of benzene rings is 1. The Bertz CT molecular complexity index is 333. The molecule has 0 unspecified atom stereocenters. The van der Waals surface area contributed by atoms with Gasteiger partial charge in [-0.15, -0.1) is 0 Å². The molecule has 3 nitrogen and oxygen atoms in total. The number of aliphatic hydroxyl groups excluding tert-OH is 1. The second-order valence-corrected chi connectivity index (χ2v) is 4.04. The predicted molar refractivity (Wildman–Crippen MR) is 61.9 cm³/mol. The number of rotatable bonds is 5. The lowest BCUT2D eigenvalue weighted by molar-refractivity contribution is 0.286. The molecule has 4 N–H and O–H groups in total. The van der Waals surface area contributed by atoms with E-state index in [0.29, 0.717) is 35.2 Å². The lowest BCUT2D eigenvalue weighted by Gasteiger charge is -2.09. The van der Waals surface area contributed by atoms with E-state index in [2.05, 4.69) is 21.2 Å². The zero-order chi connectivity index (χ0) is 11.3. The molecule has 0 aliphatic heterocycles. The first kappa shape index (κ1) is 12.4. The van der Waals surface area contributed by atoms with Gasteiger partial charge in [-0.3, -0.25) is 0 Å². The number of hydrogen-bond donors (Lipinski definition) is 3. The van der Waals surface area contributed by atoms with Gasteiger partial charge >= 0.3 is 0 Å². The maximum Gasteiger partial charge on any atom is 0.143 e. The van der Waals surface area contributed by atoms with E-state index in [9.17, 15) is 4.39 Å². The molecule has 5 heteroatoms. The van der Waals surface area contributed by atoms with E-state index < -0.39 is 0 Å². The van der Waals surface area contributed by atoms with Crippen molar-refractivity contribution in [3.05, 3.63) is 28.0 Å². The molecule has 1 aromatic carbocycles. The van der Waals surface area contributed by atoms with Gasteiger partial charge < -0.3 is 16.2 Å². The van der Waals surface area contributed by atoms with E-state index in [1.54, 1.807) is 12.1 Å². The predicted octanol–water partition coefficient (Wildman–Crippen LogP) is 1.64. The fourth-order valence-corrected chi connectivity index (χ4v) is 1.58. The zero-order valence-corrected chi connectivity index (χ0v) is 9.85. The summed E-state index contributed by atoms with van der Waals surface area (Å²) >= 11 is 3.10. The molecular formula is C10H14BrFN2O. The summed E-state index contributed by atoms with van der Waals surface area (Å²) in [6.45, 7) is 1.14.